The van der Waals surface area contributed by atoms with Crippen LogP contribution in [0.5, 0.6) is 11.8 Å². The number of pyridine rings is 1. The van der Waals surface area contributed by atoms with Crippen LogP contribution in [-0.4, -0.2) is 69.1 Å². The lowest BCUT2D eigenvalue weighted by molar-refractivity contribution is -0.192. The molecule has 2 aromatic heterocycles. The zero-order valence-electron chi connectivity index (χ0n) is 24.4. The second kappa shape index (κ2) is 11.8. The minimum atomic E-state index is -5.08. The molecule has 0 amide bonds. The molecule has 1 saturated carbocycles. The number of ether oxygens (including phenoxy) is 1. The van der Waals surface area contributed by atoms with E-state index in [9.17, 15) is 27.9 Å². The molecule has 1 aliphatic carbocycles. The number of aliphatic carboxylic acids is 1. The van der Waals surface area contributed by atoms with Crippen molar-refractivity contribution in [1.82, 2.24) is 20.3 Å². The summed E-state index contributed by atoms with van der Waals surface area (Å²) in [6, 6.07) is 8.30. The highest BCUT2D eigenvalue weighted by molar-refractivity contribution is 6.03. The Labute approximate surface area is 263 Å². The topological polar surface area (TPSA) is 144 Å². The van der Waals surface area contributed by atoms with Gasteiger partial charge in [-0.25, -0.2) is 13.6 Å². The molecule has 242 valence electrons. The van der Waals surface area contributed by atoms with Crippen LogP contribution in [0.3, 0.4) is 0 Å². The van der Waals surface area contributed by atoms with E-state index in [0.29, 0.717) is 41.8 Å². The van der Waals surface area contributed by atoms with Gasteiger partial charge in [-0.1, -0.05) is 12.0 Å². The van der Waals surface area contributed by atoms with Gasteiger partial charge in [-0.2, -0.15) is 28.4 Å². The number of hydrogen-bond donors (Lipinski definition) is 3. The maximum Gasteiger partial charge on any atom is 0.490 e. The van der Waals surface area contributed by atoms with Gasteiger partial charge in [0.2, 0.25) is 0 Å². The molecule has 4 aromatic rings. The Morgan fingerprint density at radius 1 is 1.17 bits per heavy atom. The highest BCUT2D eigenvalue weighted by atomic mass is 19.4. The van der Waals surface area contributed by atoms with Gasteiger partial charge in [0, 0.05) is 42.3 Å². The van der Waals surface area contributed by atoms with E-state index in [4.69, 9.17) is 21.1 Å². The Kier molecular flexibility index (Phi) is 7.97. The second-order valence-electron chi connectivity index (χ2n) is 11.7. The van der Waals surface area contributed by atoms with E-state index < -0.39 is 29.2 Å². The van der Waals surface area contributed by atoms with Crippen LogP contribution in [-0.2, 0) is 4.79 Å². The minimum Gasteiger partial charge on any atom is -0.508 e. The fourth-order valence-corrected chi connectivity index (χ4v) is 5.88. The van der Waals surface area contributed by atoms with Gasteiger partial charge in [-0.3, -0.25) is 4.98 Å². The number of anilines is 1. The second-order valence-corrected chi connectivity index (χ2v) is 11.7. The molecule has 47 heavy (non-hydrogen) atoms. The molecule has 0 spiro atoms. The van der Waals surface area contributed by atoms with Crippen LogP contribution >= 0.6 is 0 Å². The lowest BCUT2D eigenvalue weighted by atomic mass is 9.96. The number of piperazine rings is 1. The number of benzene rings is 2. The van der Waals surface area contributed by atoms with Gasteiger partial charge in [0.1, 0.15) is 35.2 Å². The van der Waals surface area contributed by atoms with Crippen molar-refractivity contribution in [3.05, 3.63) is 47.7 Å². The quantitative estimate of drug-likeness (QED) is 0.198. The number of carboxylic acids is 1. The standard InChI is InChI=1S/C30H24F2N6O2.C2HF3O2/c1-2-20-23(31)6-3-16-9-19(39)10-21(24(16)20)26-25(32)27-22(11-34-26)28(38-12-17-4-5-18(13-38)35-17)37-29(36-27)40-15-30(14-33)7-8-30;3-2(4,5)1(6)7/h1,3,6,9-11,17-18,35,39H,4-5,7-8,12-13,15H2;(H,6,7). The van der Waals surface area contributed by atoms with E-state index in [1.54, 1.807) is 0 Å². The number of halogens is 5. The summed E-state index contributed by atoms with van der Waals surface area (Å²) >= 11 is 0. The van der Waals surface area contributed by atoms with Crippen LogP contribution in [0.1, 0.15) is 31.2 Å². The van der Waals surface area contributed by atoms with Gasteiger partial charge in [0.25, 0.3) is 0 Å². The van der Waals surface area contributed by atoms with Crippen molar-refractivity contribution in [1.29, 1.82) is 5.26 Å². The average molecular weight is 653 g/mol. The molecule has 7 rings (SSSR count). The number of nitrogens with zero attached hydrogens (tertiary/aromatic N) is 5. The molecule has 3 N–H and O–H groups in total. The molecule has 0 radical (unpaired) electrons. The van der Waals surface area contributed by atoms with Gasteiger partial charge in [0.15, 0.2) is 5.82 Å². The van der Waals surface area contributed by atoms with Crippen LogP contribution < -0.4 is 15.0 Å². The number of aromatic nitrogens is 3. The first kappa shape index (κ1) is 31.7. The van der Waals surface area contributed by atoms with E-state index in [2.05, 4.69) is 37.2 Å². The number of nitrogens with one attached hydrogen (secondary N) is 1. The average Bonchev–Trinajstić information content (AvgIpc) is 3.75. The van der Waals surface area contributed by atoms with Crippen LogP contribution in [0.4, 0.5) is 27.8 Å². The van der Waals surface area contributed by atoms with E-state index in [1.165, 1.54) is 30.5 Å². The fourth-order valence-electron chi connectivity index (χ4n) is 5.88. The molecule has 4 heterocycles. The summed E-state index contributed by atoms with van der Waals surface area (Å²) in [6.45, 7) is 1.49. The molecular formula is C32H25F5N6O4. The Morgan fingerprint density at radius 3 is 2.45 bits per heavy atom. The molecule has 2 saturated heterocycles. The zero-order valence-corrected chi connectivity index (χ0v) is 24.4. The van der Waals surface area contributed by atoms with Crippen LogP contribution in [0, 0.1) is 40.7 Å². The lowest BCUT2D eigenvalue weighted by Gasteiger charge is -2.34. The van der Waals surface area contributed by atoms with Crippen LogP contribution in [0.2, 0.25) is 0 Å². The van der Waals surface area contributed by atoms with Crippen LogP contribution in [0.25, 0.3) is 32.9 Å². The third-order valence-corrected chi connectivity index (χ3v) is 8.42. The first-order chi connectivity index (χ1) is 22.3. The summed E-state index contributed by atoms with van der Waals surface area (Å²) in [7, 11) is 0. The molecule has 2 aromatic carbocycles. The van der Waals surface area contributed by atoms with Crippen molar-refractivity contribution in [3.63, 3.8) is 0 Å². The Balaban J connectivity index is 0.000000499. The number of rotatable bonds is 5. The number of fused-ring (bicyclic) bond motifs is 4. The monoisotopic (exact) mass is 652 g/mol. The zero-order chi connectivity index (χ0) is 33.7. The number of hydrogen-bond acceptors (Lipinski definition) is 9. The van der Waals surface area contributed by atoms with Crippen molar-refractivity contribution < 1.29 is 41.7 Å². The van der Waals surface area contributed by atoms with Crippen molar-refractivity contribution in [3.8, 4) is 41.4 Å². The highest BCUT2D eigenvalue weighted by Gasteiger charge is 2.44. The number of aromatic hydroxyl groups is 1. The molecule has 2 unspecified atom stereocenters. The van der Waals surface area contributed by atoms with Crippen molar-refractivity contribution in [2.45, 2.75) is 43.9 Å². The van der Waals surface area contributed by atoms with Gasteiger partial charge < -0.3 is 25.2 Å². The summed E-state index contributed by atoms with van der Waals surface area (Å²) in [5, 5.41) is 31.7. The maximum absolute atomic E-state index is 16.5. The normalized spacial score (nSPS) is 19.4. The number of carboxylic acid groups (broad SMARTS) is 1. The Hall–Kier alpha value is -5.28. The number of terminal acetylenes is 1. The maximum atomic E-state index is 16.5. The van der Waals surface area contributed by atoms with Crippen molar-refractivity contribution >= 4 is 33.5 Å². The largest absolute Gasteiger partial charge is 0.508 e. The summed E-state index contributed by atoms with van der Waals surface area (Å²) in [5.74, 6) is -1.45. The summed E-state index contributed by atoms with van der Waals surface area (Å²) in [5.41, 5.74) is -0.630. The van der Waals surface area contributed by atoms with Crippen LogP contribution in [0.15, 0.2) is 30.5 Å². The summed E-state index contributed by atoms with van der Waals surface area (Å²) in [4.78, 5) is 24.5. The SMILES string of the molecule is C#Cc1c(F)ccc2cc(O)cc(-c3ncc4c(N5CC6CCC(C5)N6)nc(OCC5(C#N)CC5)nc4c3F)c12.O=C(O)C(F)(F)F. The Bertz CT molecular complexity index is 1990. The first-order valence-electron chi connectivity index (χ1n) is 14.5. The summed E-state index contributed by atoms with van der Waals surface area (Å²) in [6.07, 6.45) is 5.60. The lowest BCUT2D eigenvalue weighted by Crippen LogP contribution is -2.51. The van der Waals surface area contributed by atoms with Gasteiger partial charge >= 0.3 is 18.2 Å². The molecule has 10 nitrogen and oxygen atoms in total. The fraction of sp³-hybridized carbons (Fsp3) is 0.344. The number of phenolic OH excluding ortho intramolecular Hbond substituents is 1. The van der Waals surface area contributed by atoms with Crippen molar-refractivity contribution in [2.75, 3.05) is 24.6 Å². The van der Waals surface area contributed by atoms with E-state index in [1.807, 2.05) is 0 Å². The molecule has 2 atom stereocenters. The minimum absolute atomic E-state index is 0.0205. The Morgan fingerprint density at radius 2 is 1.85 bits per heavy atom. The molecule has 3 fully saturated rings. The third kappa shape index (κ3) is 6.14. The predicted molar refractivity (Wildman–Crippen MR) is 158 cm³/mol. The third-order valence-electron chi connectivity index (χ3n) is 8.42. The van der Waals surface area contributed by atoms with Gasteiger partial charge in [-0.15, -0.1) is 6.42 Å². The molecule has 2 bridgehead atoms. The highest BCUT2D eigenvalue weighted by Crippen LogP contribution is 2.45. The van der Waals surface area contributed by atoms with E-state index >= 15 is 4.39 Å². The van der Waals surface area contributed by atoms with Gasteiger partial charge in [0.05, 0.1) is 22.4 Å². The molecule has 3 aliphatic rings. The van der Waals surface area contributed by atoms with Crippen molar-refractivity contribution in [2.24, 2.45) is 5.41 Å². The smallest absolute Gasteiger partial charge is 0.490 e. The summed E-state index contributed by atoms with van der Waals surface area (Å²) < 4.78 is 68.8. The number of alkyl halides is 3. The number of nitriles is 1. The number of carbonyl (C=O) groups is 1. The van der Waals surface area contributed by atoms with E-state index in [0.717, 1.165) is 25.7 Å². The number of phenols is 1. The predicted octanol–water partition coefficient (Wildman–Crippen LogP) is 5.07. The van der Waals surface area contributed by atoms with Gasteiger partial charge in [-0.05, 0) is 49.3 Å². The molecule has 15 heteroatoms. The van der Waals surface area contributed by atoms with E-state index in [-0.39, 0.29) is 46.1 Å². The molecule has 2 aliphatic heterocycles. The molecular weight excluding hydrogens is 627 g/mol. The first-order valence-corrected chi connectivity index (χ1v) is 14.5.